The highest BCUT2D eigenvalue weighted by Crippen LogP contribution is 2.33. The predicted molar refractivity (Wildman–Crippen MR) is 73.3 cm³/mol. The summed E-state index contributed by atoms with van der Waals surface area (Å²) in [5.41, 5.74) is 0.858. The molecule has 1 aromatic heterocycles. The zero-order chi connectivity index (χ0) is 14.8. The van der Waals surface area contributed by atoms with Crippen molar-refractivity contribution in [2.45, 2.75) is 5.92 Å². The number of hydrogen-bond donors (Lipinski definition) is 0. The molecule has 6 nitrogen and oxygen atoms in total. The van der Waals surface area contributed by atoms with Crippen LogP contribution >= 0.6 is 0 Å². The Kier molecular flexibility index (Phi) is 3.32. The topological polar surface area (TPSA) is 77.1 Å². The number of fused-ring (bicyclic) bond motifs is 1. The van der Waals surface area contributed by atoms with E-state index < -0.39 is 5.92 Å². The maximum absolute atomic E-state index is 12.4. The first-order valence-electron chi connectivity index (χ1n) is 6.52. The lowest BCUT2D eigenvalue weighted by atomic mass is 9.94. The molecule has 0 spiro atoms. The Morgan fingerprint density at radius 1 is 1.33 bits per heavy atom. The van der Waals surface area contributed by atoms with Gasteiger partial charge in [0.2, 0.25) is 5.78 Å². The van der Waals surface area contributed by atoms with Crippen molar-refractivity contribution >= 4 is 5.78 Å². The average molecular weight is 283 g/mol. The smallest absolute Gasteiger partial charge is 0.204 e. The van der Waals surface area contributed by atoms with Crippen molar-refractivity contribution in [3.8, 4) is 17.6 Å². The van der Waals surface area contributed by atoms with Crippen LogP contribution in [0.1, 0.15) is 22.0 Å². The van der Waals surface area contributed by atoms with Gasteiger partial charge < -0.3 is 9.47 Å². The molecular formula is C15H13N3O3. The van der Waals surface area contributed by atoms with E-state index in [-0.39, 0.29) is 11.5 Å². The van der Waals surface area contributed by atoms with E-state index in [9.17, 15) is 10.1 Å². The van der Waals surface area contributed by atoms with E-state index in [1.54, 1.807) is 37.5 Å². The number of aryl methyl sites for hydroxylation is 1. The van der Waals surface area contributed by atoms with Crippen LogP contribution in [0, 0.1) is 11.3 Å². The van der Waals surface area contributed by atoms with E-state index in [4.69, 9.17) is 9.47 Å². The van der Waals surface area contributed by atoms with Gasteiger partial charge in [0.1, 0.15) is 24.8 Å². The van der Waals surface area contributed by atoms with Gasteiger partial charge in [-0.2, -0.15) is 10.4 Å². The minimum Gasteiger partial charge on any atom is -0.486 e. The third kappa shape index (κ3) is 2.46. The van der Waals surface area contributed by atoms with Crippen LogP contribution in [0.2, 0.25) is 0 Å². The van der Waals surface area contributed by atoms with Crippen molar-refractivity contribution in [2.75, 3.05) is 13.2 Å². The Hall–Kier alpha value is -2.81. The fraction of sp³-hybridized carbons (Fsp3) is 0.267. The molecule has 3 rings (SSSR count). The lowest BCUT2D eigenvalue weighted by Gasteiger charge is -2.19. The van der Waals surface area contributed by atoms with Crippen LogP contribution in [0.5, 0.6) is 11.5 Å². The van der Waals surface area contributed by atoms with Gasteiger partial charge >= 0.3 is 0 Å². The van der Waals surface area contributed by atoms with Gasteiger partial charge in [0.05, 0.1) is 6.07 Å². The summed E-state index contributed by atoms with van der Waals surface area (Å²) in [4.78, 5) is 12.4. The number of carbonyl (C=O) groups is 1. The molecule has 2 aromatic rings. The molecule has 1 aliphatic rings. The number of benzene rings is 1. The van der Waals surface area contributed by atoms with Crippen molar-refractivity contribution in [1.29, 1.82) is 5.26 Å². The van der Waals surface area contributed by atoms with Crippen molar-refractivity contribution < 1.29 is 14.3 Å². The molecule has 106 valence electrons. The number of Topliss-reactive ketones (excluding diaryl/α,β-unsaturated/α-hetero) is 1. The predicted octanol–water partition coefficient (Wildman–Crippen LogP) is 1.68. The summed E-state index contributed by atoms with van der Waals surface area (Å²) in [6.45, 7) is 0.961. The van der Waals surface area contributed by atoms with Crippen LogP contribution in [0.15, 0.2) is 30.5 Å². The Morgan fingerprint density at radius 3 is 2.76 bits per heavy atom. The number of hydrogen-bond acceptors (Lipinski definition) is 5. The maximum Gasteiger partial charge on any atom is 0.204 e. The molecule has 0 N–H and O–H groups in total. The van der Waals surface area contributed by atoms with Crippen LogP contribution in [0.3, 0.4) is 0 Å². The van der Waals surface area contributed by atoms with Crippen LogP contribution in [0.25, 0.3) is 0 Å². The molecule has 6 heteroatoms. The molecular weight excluding hydrogens is 270 g/mol. The number of aromatic nitrogens is 2. The van der Waals surface area contributed by atoms with E-state index in [1.165, 1.54) is 4.68 Å². The van der Waals surface area contributed by atoms with Crippen LogP contribution in [-0.4, -0.2) is 28.8 Å². The molecule has 0 saturated heterocycles. The molecule has 1 aliphatic heterocycles. The first kappa shape index (κ1) is 13.2. The molecule has 0 bridgehead atoms. The molecule has 0 fully saturated rings. The van der Waals surface area contributed by atoms with Gasteiger partial charge in [-0.3, -0.25) is 9.48 Å². The third-order valence-electron chi connectivity index (χ3n) is 3.26. The van der Waals surface area contributed by atoms with E-state index >= 15 is 0 Å². The Morgan fingerprint density at radius 2 is 2.10 bits per heavy atom. The van der Waals surface area contributed by atoms with E-state index in [1.807, 2.05) is 6.07 Å². The summed E-state index contributed by atoms with van der Waals surface area (Å²) >= 11 is 0. The van der Waals surface area contributed by atoms with Crippen molar-refractivity contribution in [3.05, 3.63) is 41.7 Å². The summed E-state index contributed by atoms with van der Waals surface area (Å²) in [5.74, 6) is -0.0368. The Bertz CT molecular complexity index is 730. The Labute approximate surface area is 121 Å². The molecule has 1 aromatic carbocycles. The second kappa shape index (κ2) is 5.29. The number of nitrogens with zero attached hydrogens (tertiary/aromatic N) is 3. The molecule has 0 radical (unpaired) electrons. The highest BCUT2D eigenvalue weighted by atomic mass is 16.6. The van der Waals surface area contributed by atoms with E-state index in [2.05, 4.69) is 5.10 Å². The number of ketones is 1. The number of carbonyl (C=O) groups excluding carboxylic acids is 1. The highest BCUT2D eigenvalue weighted by Gasteiger charge is 2.25. The first-order valence-corrected chi connectivity index (χ1v) is 6.52. The van der Waals surface area contributed by atoms with E-state index in [0.717, 1.165) is 0 Å². The first-order chi connectivity index (χ1) is 10.2. The minimum atomic E-state index is -0.907. The van der Waals surface area contributed by atoms with Crippen LogP contribution in [0.4, 0.5) is 0 Å². The second-order valence-electron chi connectivity index (χ2n) is 4.70. The quantitative estimate of drug-likeness (QED) is 0.801. The number of ether oxygens (including phenoxy) is 2. The lowest BCUT2D eigenvalue weighted by Crippen LogP contribution is -2.17. The molecule has 21 heavy (non-hydrogen) atoms. The minimum absolute atomic E-state index is 0.277. The van der Waals surface area contributed by atoms with Gasteiger partial charge in [0.15, 0.2) is 11.5 Å². The normalized spacial score (nSPS) is 14.3. The van der Waals surface area contributed by atoms with Gasteiger partial charge in [0.25, 0.3) is 0 Å². The average Bonchev–Trinajstić information content (AvgIpc) is 2.94. The molecule has 1 unspecified atom stereocenters. The Balaban J connectivity index is 1.93. The lowest BCUT2D eigenvalue weighted by molar-refractivity contribution is 0.0973. The zero-order valence-electron chi connectivity index (χ0n) is 11.4. The second-order valence-corrected chi connectivity index (χ2v) is 4.70. The summed E-state index contributed by atoms with van der Waals surface area (Å²) in [6.07, 6.45) is 1.67. The summed E-state index contributed by atoms with van der Waals surface area (Å²) in [7, 11) is 1.72. The number of nitriles is 1. The highest BCUT2D eigenvalue weighted by molar-refractivity contribution is 6.01. The molecule has 0 amide bonds. The molecule has 0 saturated carbocycles. The van der Waals surface area contributed by atoms with Crippen molar-refractivity contribution in [1.82, 2.24) is 9.78 Å². The molecule has 1 atom stereocenters. The summed E-state index contributed by atoms with van der Waals surface area (Å²) in [6, 6.07) is 8.76. The summed E-state index contributed by atoms with van der Waals surface area (Å²) < 4.78 is 12.4. The maximum atomic E-state index is 12.4. The van der Waals surface area contributed by atoms with Gasteiger partial charge in [-0.15, -0.1) is 0 Å². The van der Waals surface area contributed by atoms with E-state index in [0.29, 0.717) is 30.3 Å². The fourth-order valence-electron chi connectivity index (χ4n) is 2.22. The van der Waals surface area contributed by atoms with Gasteiger partial charge in [-0.05, 0) is 23.8 Å². The summed E-state index contributed by atoms with van der Waals surface area (Å²) in [5, 5.41) is 13.4. The van der Waals surface area contributed by atoms with Gasteiger partial charge in [0, 0.05) is 13.2 Å². The molecule has 0 aliphatic carbocycles. The van der Waals surface area contributed by atoms with Crippen molar-refractivity contribution in [3.63, 3.8) is 0 Å². The van der Waals surface area contributed by atoms with Gasteiger partial charge in [-0.25, -0.2) is 0 Å². The van der Waals surface area contributed by atoms with Crippen LogP contribution in [-0.2, 0) is 7.05 Å². The largest absolute Gasteiger partial charge is 0.486 e. The third-order valence-corrected chi connectivity index (χ3v) is 3.26. The van der Waals surface area contributed by atoms with Crippen molar-refractivity contribution in [2.24, 2.45) is 7.05 Å². The number of rotatable bonds is 3. The molecule has 2 heterocycles. The SMILES string of the molecule is Cn1ccc(C(=O)C(C#N)c2ccc3c(c2)OCCO3)n1. The zero-order valence-corrected chi connectivity index (χ0v) is 11.4. The van der Waals surface area contributed by atoms with Crippen LogP contribution < -0.4 is 9.47 Å². The fourth-order valence-corrected chi connectivity index (χ4v) is 2.22. The van der Waals surface area contributed by atoms with Gasteiger partial charge in [-0.1, -0.05) is 6.07 Å². The standard InChI is InChI=1S/C15H13N3O3/c1-18-5-4-12(17-18)15(19)11(9-16)10-2-3-13-14(8-10)21-7-6-20-13/h2-5,8,11H,6-7H2,1H3. The monoisotopic (exact) mass is 283 g/mol.